The van der Waals surface area contributed by atoms with Crippen LogP contribution in [-0.4, -0.2) is 28.9 Å². The van der Waals surface area contributed by atoms with E-state index in [0.717, 1.165) is 31.4 Å². The first kappa shape index (κ1) is 14.0. The molecule has 1 aliphatic heterocycles. The van der Waals surface area contributed by atoms with Gasteiger partial charge in [0.05, 0.1) is 6.04 Å². The van der Waals surface area contributed by atoms with Gasteiger partial charge in [0, 0.05) is 25.4 Å². The summed E-state index contributed by atoms with van der Waals surface area (Å²) in [5.41, 5.74) is 6.84. The molecule has 1 fully saturated rings. The minimum Gasteiger partial charge on any atom is -0.336 e. The molecular weight excluding hydrogens is 238 g/mol. The third-order valence-corrected chi connectivity index (χ3v) is 4.02. The third kappa shape index (κ3) is 3.32. The summed E-state index contributed by atoms with van der Waals surface area (Å²) in [4.78, 5) is 18.6. The third-order valence-electron chi connectivity index (χ3n) is 4.02. The van der Waals surface area contributed by atoms with E-state index in [4.69, 9.17) is 5.73 Å². The van der Waals surface area contributed by atoms with Crippen molar-refractivity contribution in [3.05, 3.63) is 30.1 Å². The Kier molecular flexibility index (Phi) is 4.91. The monoisotopic (exact) mass is 261 g/mol. The fourth-order valence-electron chi connectivity index (χ4n) is 2.74. The number of carbonyl (C=O) groups excluding carboxylic acids is 1. The second-order valence-corrected chi connectivity index (χ2v) is 5.25. The maximum absolute atomic E-state index is 12.4. The first-order valence-corrected chi connectivity index (χ1v) is 7.15. The van der Waals surface area contributed by atoms with Crippen LogP contribution < -0.4 is 5.73 Å². The molecule has 1 aromatic heterocycles. The average molecular weight is 261 g/mol. The second-order valence-electron chi connectivity index (χ2n) is 5.25. The first-order chi connectivity index (χ1) is 9.26. The normalized spacial score (nSPS) is 20.5. The Balaban J connectivity index is 2.04. The number of amides is 1. The zero-order valence-corrected chi connectivity index (χ0v) is 11.6. The van der Waals surface area contributed by atoms with E-state index in [1.165, 1.54) is 0 Å². The van der Waals surface area contributed by atoms with Gasteiger partial charge in [-0.1, -0.05) is 19.4 Å². The molecule has 0 aromatic carbocycles. The number of likely N-dealkylation sites (tertiary alicyclic amines) is 1. The standard InChI is InChI=1S/C15H23N3O/c1-2-12(10-16)9-15(19)18-8-4-6-14(18)13-5-3-7-17-11-13/h3,5,7,11-12,14H,2,4,6,8-10,16H2,1H3. The predicted molar refractivity (Wildman–Crippen MR) is 75.4 cm³/mol. The highest BCUT2D eigenvalue weighted by molar-refractivity contribution is 5.77. The van der Waals surface area contributed by atoms with E-state index in [1.807, 2.05) is 17.2 Å². The average Bonchev–Trinajstić information content (AvgIpc) is 2.95. The van der Waals surface area contributed by atoms with Gasteiger partial charge >= 0.3 is 0 Å². The van der Waals surface area contributed by atoms with Gasteiger partial charge in [0.15, 0.2) is 0 Å². The summed E-state index contributed by atoms with van der Waals surface area (Å²) < 4.78 is 0. The predicted octanol–water partition coefficient (Wildman–Crippen LogP) is 2.12. The lowest BCUT2D eigenvalue weighted by molar-refractivity contribution is -0.133. The minimum absolute atomic E-state index is 0.205. The Morgan fingerprint density at radius 2 is 2.47 bits per heavy atom. The van der Waals surface area contributed by atoms with Gasteiger partial charge in [0.25, 0.3) is 0 Å². The molecule has 2 rings (SSSR count). The van der Waals surface area contributed by atoms with E-state index in [1.54, 1.807) is 6.20 Å². The van der Waals surface area contributed by atoms with Crippen LogP contribution in [0.1, 0.15) is 44.2 Å². The molecule has 1 saturated heterocycles. The lowest BCUT2D eigenvalue weighted by Gasteiger charge is -2.26. The van der Waals surface area contributed by atoms with E-state index < -0.39 is 0 Å². The largest absolute Gasteiger partial charge is 0.336 e. The quantitative estimate of drug-likeness (QED) is 0.883. The smallest absolute Gasteiger partial charge is 0.223 e. The number of pyridine rings is 1. The number of nitrogens with zero attached hydrogens (tertiary/aromatic N) is 2. The van der Waals surface area contributed by atoms with Crippen LogP contribution in [0.25, 0.3) is 0 Å². The molecule has 1 amide bonds. The van der Waals surface area contributed by atoms with Gasteiger partial charge in [-0.15, -0.1) is 0 Å². The summed E-state index contributed by atoms with van der Waals surface area (Å²) in [6.45, 7) is 3.54. The van der Waals surface area contributed by atoms with E-state index in [9.17, 15) is 4.79 Å². The van der Waals surface area contributed by atoms with Gasteiger partial charge in [-0.25, -0.2) is 0 Å². The van der Waals surface area contributed by atoms with Crippen molar-refractivity contribution in [3.8, 4) is 0 Å². The van der Waals surface area contributed by atoms with Gasteiger partial charge < -0.3 is 10.6 Å². The minimum atomic E-state index is 0.205. The molecule has 0 radical (unpaired) electrons. The van der Waals surface area contributed by atoms with Crippen molar-refractivity contribution < 1.29 is 4.79 Å². The Labute approximate surface area is 115 Å². The van der Waals surface area contributed by atoms with Crippen molar-refractivity contribution in [1.29, 1.82) is 0 Å². The van der Waals surface area contributed by atoms with Crippen molar-refractivity contribution in [2.75, 3.05) is 13.1 Å². The molecule has 0 saturated carbocycles. The van der Waals surface area contributed by atoms with Crippen LogP contribution in [0.15, 0.2) is 24.5 Å². The van der Waals surface area contributed by atoms with Crippen molar-refractivity contribution in [2.45, 2.75) is 38.6 Å². The SMILES string of the molecule is CCC(CN)CC(=O)N1CCCC1c1cccnc1. The molecule has 2 unspecified atom stereocenters. The number of aromatic nitrogens is 1. The van der Waals surface area contributed by atoms with Crippen LogP contribution in [-0.2, 0) is 4.79 Å². The lowest BCUT2D eigenvalue weighted by Crippen LogP contribution is -2.33. The van der Waals surface area contributed by atoms with Gasteiger partial charge in [-0.05, 0) is 36.9 Å². The molecule has 2 atom stereocenters. The van der Waals surface area contributed by atoms with E-state index in [-0.39, 0.29) is 11.9 Å². The molecular formula is C15H23N3O. The van der Waals surface area contributed by atoms with E-state index in [0.29, 0.717) is 18.9 Å². The molecule has 0 bridgehead atoms. The summed E-state index contributed by atoms with van der Waals surface area (Å²) in [5.74, 6) is 0.548. The fraction of sp³-hybridized carbons (Fsp3) is 0.600. The number of rotatable bonds is 5. The summed E-state index contributed by atoms with van der Waals surface area (Å²) in [5, 5.41) is 0. The molecule has 0 aliphatic carbocycles. The van der Waals surface area contributed by atoms with Crippen molar-refractivity contribution in [2.24, 2.45) is 11.7 Å². The number of hydrogen-bond acceptors (Lipinski definition) is 3. The van der Waals surface area contributed by atoms with Gasteiger partial charge in [0.2, 0.25) is 5.91 Å². The summed E-state index contributed by atoms with van der Waals surface area (Å²) in [6, 6.07) is 4.20. The lowest BCUT2D eigenvalue weighted by atomic mass is 10.0. The van der Waals surface area contributed by atoms with Crippen LogP contribution in [0, 0.1) is 5.92 Å². The van der Waals surface area contributed by atoms with Crippen molar-refractivity contribution in [3.63, 3.8) is 0 Å². The topological polar surface area (TPSA) is 59.2 Å². The van der Waals surface area contributed by atoms with E-state index >= 15 is 0 Å². The molecule has 4 heteroatoms. The highest BCUT2D eigenvalue weighted by atomic mass is 16.2. The van der Waals surface area contributed by atoms with Crippen molar-refractivity contribution >= 4 is 5.91 Å². The molecule has 1 aromatic rings. The molecule has 0 spiro atoms. The Hall–Kier alpha value is -1.42. The molecule has 1 aliphatic rings. The number of nitrogens with two attached hydrogens (primary N) is 1. The fourth-order valence-corrected chi connectivity index (χ4v) is 2.74. The molecule has 19 heavy (non-hydrogen) atoms. The van der Waals surface area contributed by atoms with Crippen LogP contribution in [0.2, 0.25) is 0 Å². The summed E-state index contributed by atoms with van der Waals surface area (Å²) in [7, 11) is 0. The Bertz CT molecular complexity index is 403. The van der Waals surface area contributed by atoms with Gasteiger partial charge in [0.1, 0.15) is 0 Å². The first-order valence-electron chi connectivity index (χ1n) is 7.15. The van der Waals surface area contributed by atoms with E-state index in [2.05, 4.69) is 18.0 Å². The zero-order valence-electron chi connectivity index (χ0n) is 11.6. The molecule has 104 valence electrons. The highest BCUT2D eigenvalue weighted by Crippen LogP contribution is 2.32. The molecule has 4 nitrogen and oxygen atoms in total. The van der Waals surface area contributed by atoms with Gasteiger partial charge in [-0.2, -0.15) is 0 Å². The van der Waals surface area contributed by atoms with Crippen LogP contribution in [0.3, 0.4) is 0 Å². The summed E-state index contributed by atoms with van der Waals surface area (Å²) in [6.07, 6.45) is 7.29. The zero-order chi connectivity index (χ0) is 13.7. The maximum Gasteiger partial charge on any atom is 0.223 e. The van der Waals surface area contributed by atoms with Crippen LogP contribution >= 0.6 is 0 Å². The molecule has 2 N–H and O–H groups in total. The van der Waals surface area contributed by atoms with Crippen molar-refractivity contribution in [1.82, 2.24) is 9.88 Å². The second kappa shape index (κ2) is 6.66. The highest BCUT2D eigenvalue weighted by Gasteiger charge is 2.30. The number of carbonyl (C=O) groups is 1. The van der Waals surface area contributed by atoms with Gasteiger partial charge in [-0.3, -0.25) is 9.78 Å². The Morgan fingerprint density at radius 3 is 3.11 bits per heavy atom. The maximum atomic E-state index is 12.4. The van der Waals surface area contributed by atoms with Crippen LogP contribution in [0.4, 0.5) is 0 Å². The number of hydrogen-bond donors (Lipinski definition) is 1. The molecule has 2 heterocycles. The Morgan fingerprint density at radius 1 is 1.63 bits per heavy atom. The van der Waals surface area contributed by atoms with Crippen LogP contribution in [0.5, 0.6) is 0 Å². The summed E-state index contributed by atoms with van der Waals surface area (Å²) >= 11 is 0.